The fraction of sp³-hybridized carbons (Fsp3) is 0.292. The summed E-state index contributed by atoms with van der Waals surface area (Å²) < 4.78 is 18.8. The lowest BCUT2D eigenvalue weighted by molar-refractivity contribution is -0.148. The molecule has 2 nitrogen and oxygen atoms in total. The smallest absolute Gasteiger partial charge is 0.315 e. The summed E-state index contributed by atoms with van der Waals surface area (Å²) in [6, 6.07) is 15.9. The minimum absolute atomic E-state index is 0.00464. The SMILES string of the molecule is C#CC(OC(=O)C(c1ccc(F)cc1)C(C)C)C(C)=CCc1ccccc1. The van der Waals surface area contributed by atoms with E-state index in [2.05, 4.69) is 5.92 Å². The quantitative estimate of drug-likeness (QED) is 0.379. The maximum absolute atomic E-state index is 13.2. The standard InChI is InChI=1S/C24H25FO2/c1-5-22(18(4)11-12-19-9-7-6-8-10-19)27-24(26)23(17(2)3)20-13-15-21(25)16-14-20/h1,6-11,13-17,22-23H,12H2,2-4H3. The van der Waals surface area contributed by atoms with Crippen molar-refractivity contribution in [2.45, 2.75) is 39.2 Å². The Labute approximate surface area is 161 Å². The molecule has 0 aliphatic heterocycles. The number of esters is 1. The highest BCUT2D eigenvalue weighted by Gasteiger charge is 2.28. The molecule has 0 amide bonds. The van der Waals surface area contributed by atoms with Gasteiger partial charge >= 0.3 is 5.97 Å². The first-order valence-corrected chi connectivity index (χ1v) is 9.05. The lowest BCUT2D eigenvalue weighted by Crippen LogP contribution is -2.26. The Morgan fingerprint density at radius 2 is 1.78 bits per heavy atom. The van der Waals surface area contributed by atoms with E-state index in [4.69, 9.17) is 11.2 Å². The van der Waals surface area contributed by atoms with Crippen molar-refractivity contribution < 1.29 is 13.9 Å². The molecule has 27 heavy (non-hydrogen) atoms. The summed E-state index contributed by atoms with van der Waals surface area (Å²) in [7, 11) is 0. The van der Waals surface area contributed by atoms with Gasteiger partial charge in [-0.2, -0.15) is 0 Å². The van der Waals surface area contributed by atoms with Crippen LogP contribution in [0.2, 0.25) is 0 Å². The molecule has 2 atom stereocenters. The van der Waals surface area contributed by atoms with Crippen LogP contribution in [0.1, 0.15) is 37.8 Å². The zero-order valence-electron chi connectivity index (χ0n) is 16.0. The van der Waals surface area contributed by atoms with Crippen LogP contribution in [-0.2, 0) is 16.0 Å². The van der Waals surface area contributed by atoms with Crippen LogP contribution < -0.4 is 0 Å². The Hall–Kier alpha value is -2.86. The Bertz CT molecular complexity index is 814. The molecule has 0 aliphatic rings. The van der Waals surface area contributed by atoms with Crippen LogP contribution in [0.5, 0.6) is 0 Å². The van der Waals surface area contributed by atoms with Gasteiger partial charge < -0.3 is 4.74 Å². The second kappa shape index (κ2) is 9.73. The molecular weight excluding hydrogens is 339 g/mol. The summed E-state index contributed by atoms with van der Waals surface area (Å²) in [5.41, 5.74) is 2.69. The van der Waals surface area contributed by atoms with Gasteiger partial charge in [-0.05, 0) is 48.1 Å². The van der Waals surface area contributed by atoms with E-state index in [0.717, 1.165) is 16.7 Å². The van der Waals surface area contributed by atoms with E-state index in [1.807, 2.05) is 57.2 Å². The van der Waals surface area contributed by atoms with Crippen molar-refractivity contribution >= 4 is 5.97 Å². The van der Waals surface area contributed by atoms with Gasteiger partial charge in [0, 0.05) is 0 Å². The topological polar surface area (TPSA) is 26.3 Å². The van der Waals surface area contributed by atoms with Crippen LogP contribution in [0.25, 0.3) is 0 Å². The van der Waals surface area contributed by atoms with Gasteiger partial charge in [-0.15, -0.1) is 6.42 Å². The molecule has 0 aromatic heterocycles. The molecule has 0 saturated carbocycles. The first-order chi connectivity index (χ1) is 12.9. The number of benzene rings is 2. The average molecular weight is 364 g/mol. The first-order valence-electron chi connectivity index (χ1n) is 9.05. The third kappa shape index (κ3) is 5.82. The monoisotopic (exact) mass is 364 g/mol. The Morgan fingerprint density at radius 1 is 1.15 bits per heavy atom. The Kier molecular flexibility index (Phi) is 7.37. The predicted octanol–water partition coefficient (Wildman–Crippen LogP) is 5.30. The average Bonchev–Trinajstić information content (AvgIpc) is 2.66. The third-order valence-electron chi connectivity index (χ3n) is 4.45. The van der Waals surface area contributed by atoms with Crippen molar-refractivity contribution in [1.29, 1.82) is 0 Å². The fourth-order valence-electron chi connectivity index (χ4n) is 2.91. The molecule has 3 heteroatoms. The molecule has 2 aromatic rings. The van der Waals surface area contributed by atoms with E-state index in [9.17, 15) is 9.18 Å². The van der Waals surface area contributed by atoms with E-state index in [1.165, 1.54) is 12.1 Å². The third-order valence-corrected chi connectivity index (χ3v) is 4.45. The molecule has 0 fully saturated rings. The normalized spacial score (nSPS) is 13.7. The number of halogens is 1. The minimum Gasteiger partial charge on any atom is -0.444 e. The van der Waals surface area contributed by atoms with Gasteiger partial charge in [0.2, 0.25) is 0 Å². The molecule has 0 saturated heterocycles. The maximum Gasteiger partial charge on any atom is 0.315 e. The maximum atomic E-state index is 13.2. The number of ether oxygens (including phenoxy) is 1. The van der Waals surface area contributed by atoms with Gasteiger partial charge in [0.15, 0.2) is 6.10 Å². The lowest BCUT2D eigenvalue weighted by atomic mass is 9.88. The van der Waals surface area contributed by atoms with Gasteiger partial charge in [-0.3, -0.25) is 4.79 Å². The molecular formula is C24H25FO2. The predicted molar refractivity (Wildman–Crippen MR) is 107 cm³/mol. The van der Waals surface area contributed by atoms with Crippen molar-refractivity contribution in [3.63, 3.8) is 0 Å². The van der Waals surface area contributed by atoms with Gasteiger partial charge in [0.25, 0.3) is 0 Å². The van der Waals surface area contributed by atoms with E-state index in [-0.39, 0.29) is 11.7 Å². The Morgan fingerprint density at radius 3 is 2.33 bits per heavy atom. The van der Waals surface area contributed by atoms with Gasteiger partial charge in [0.1, 0.15) is 5.82 Å². The molecule has 0 bridgehead atoms. The van der Waals surface area contributed by atoms with Gasteiger partial charge in [-0.1, -0.05) is 68.3 Å². The molecule has 0 heterocycles. The van der Waals surface area contributed by atoms with Crippen molar-refractivity contribution in [2.75, 3.05) is 0 Å². The van der Waals surface area contributed by atoms with E-state index in [1.54, 1.807) is 12.1 Å². The van der Waals surface area contributed by atoms with Crippen LogP contribution in [0.3, 0.4) is 0 Å². The summed E-state index contributed by atoms with van der Waals surface area (Å²) in [5.74, 6) is 1.32. The van der Waals surface area contributed by atoms with Crippen molar-refractivity contribution in [2.24, 2.45) is 5.92 Å². The zero-order valence-corrected chi connectivity index (χ0v) is 16.0. The first kappa shape index (κ1) is 20.5. The molecule has 0 N–H and O–H groups in total. The van der Waals surface area contributed by atoms with Crippen LogP contribution in [0.15, 0.2) is 66.2 Å². The summed E-state index contributed by atoms with van der Waals surface area (Å²) in [6.07, 6.45) is 7.59. The number of carbonyl (C=O) groups is 1. The lowest BCUT2D eigenvalue weighted by Gasteiger charge is -2.22. The number of carbonyl (C=O) groups excluding carboxylic acids is 1. The number of hydrogen-bond donors (Lipinski definition) is 0. The number of terminal acetylenes is 1. The highest BCUT2D eigenvalue weighted by molar-refractivity contribution is 5.79. The second-order valence-electron chi connectivity index (χ2n) is 6.89. The summed E-state index contributed by atoms with van der Waals surface area (Å²) >= 11 is 0. The number of hydrogen-bond acceptors (Lipinski definition) is 2. The highest BCUT2D eigenvalue weighted by Crippen LogP contribution is 2.27. The Balaban J connectivity index is 2.11. The molecule has 2 rings (SSSR count). The molecule has 0 aliphatic carbocycles. The minimum atomic E-state index is -0.720. The molecule has 2 unspecified atom stereocenters. The molecule has 0 spiro atoms. The van der Waals surface area contributed by atoms with Gasteiger partial charge in [0.05, 0.1) is 5.92 Å². The van der Waals surface area contributed by atoms with Gasteiger partial charge in [-0.25, -0.2) is 4.39 Å². The van der Waals surface area contributed by atoms with E-state index in [0.29, 0.717) is 6.42 Å². The summed E-state index contributed by atoms with van der Waals surface area (Å²) in [6.45, 7) is 5.72. The number of rotatable bonds is 7. The summed E-state index contributed by atoms with van der Waals surface area (Å²) in [4.78, 5) is 12.8. The van der Waals surface area contributed by atoms with Crippen molar-refractivity contribution in [3.8, 4) is 12.3 Å². The van der Waals surface area contributed by atoms with Crippen LogP contribution in [0.4, 0.5) is 4.39 Å². The van der Waals surface area contributed by atoms with E-state index < -0.39 is 18.0 Å². The van der Waals surface area contributed by atoms with Crippen LogP contribution >= 0.6 is 0 Å². The molecule has 140 valence electrons. The highest BCUT2D eigenvalue weighted by atomic mass is 19.1. The summed E-state index contributed by atoms with van der Waals surface area (Å²) in [5, 5.41) is 0. The second-order valence-corrected chi connectivity index (χ2v) is 6.89. The van der Waals surface area contributed by atoms with Crippen molar-refractivity contribution in [1.82, 2.24) is 0 Å². The van der Waals surface area contributed by atoms with Crippen LogP contribution in [-0.4, -0.2) is 12.1 Å². The number of allylic oxidation sites excluding steroid dienone is 1. The van der Waals surface area contributed by atoms with Crippen LogP contribution in [0, 0.1) is 24.1 Å². The fourth-order valence-corrected chi connectivity index (χ4v) is 2.91. The zero-order chi connectivity index (χ0) is 19.8. The molecule has 2 aromatic carbocycles. The largest absolute Gasteiger partial charge is 0.444 e. The molecule has 0 radical (unpaired) electrons. The van der Waals surface area contributed by atoms with E-state index >= 15 is 0 Å². The van der Waals surface area contributed by atoms with Crippen molar-refractivity contribution in [3.05, 3.63) is 83.2 Å².